The van der Waals surface area contributed by atoms with Crippen LogP contribution in [0, 0.1) is 0 Å². The molecule has 4 heterocycles. The number of piperazine rings is 1. The Morgan fingerprint density at radius 3 is 0.964 bits per heavy atom. The molecule has 1 saturated heterocycles. The average molecular weight is 433 g/mol. The van der Waals surface area contributed by atoms with Gasteiger partial charge in [0.25, 0.3) is 0 Å². The normalized spacial score (nSPS) is 11.6. The Morgan fingerprint density at radius 2 is 0.821 bits per heavy atom. The minimum absolute atomic E-state index is 0.322. The molecule has 0 atom stereocenters. The van der Waals surface area contributed by atoms with E-state index in [9.17, 15) is 0 Å². The number of benzene rings is 1. The van der Waals surface area contributed by atoms with Crippen LogP contribution in [0.1, 0.15) is 0 Å². The number of thiophene rings is 3. The van der Waals surface area contributed by atoms with E-state index in [0.717, 1.165) is 26.2 Å². The lowest BCUT2D eigenvalue weighted by atomic mass is 10.3. The van der Waals surface area contributed by atoms with E-state index >= 15 is 0 Å². The van der Waals surface area contributed by atoms with Gasteiger partial charge in [0, 0.05) is 26.2 Å². The SMILES string of the molecule is C1CNCCN1.Oc1ccccc1.c1ccsc1.c1ccsc1.c1ccsc1. The first-order chi connectivity index (χ1) is 13.9. The highest BCUT2D eigenvalue weighted by Crippen LogP contribution is 2.02. The Bertz CT molecular complexity index is 570. The summed E-state index contributed by atoms with van der Waals surface area (Å²) in [6, 6.07) is 20.8. The van der Waals surface area contributed by atoms with E-state index in [2.05, 4.69) is 10.6 Å². The minimum atomic E-state index is 0.322. The zero-order chi connectivity index (χ0) is 20.0. The summed E-state index contributed by atoms with van der Waals surface area (Å²) >= 11 is 5.14. The Morgan fingerprint density at radius 1 is 0.500 bits per heavy atom. The Labute approximate surface area is 180 Å². The highest BCUT2D eigenvalue weighted by atomic mass is 32.1. The Kier molecular flexibility index (Phi) is 17.0. The third-order valence-electron chi connectivity index (χ3n) is 2.99. The fraction of sp³-hybridized carbons (Fsp3) is 0.182. The van der Waals surface area contributed by atoms with Gasteiger partial charge in [-0.15, -0.1) is 0 Å². The number of phenolic OH excluding ortho intramolecular Hbond substituents is 1. The molecule has 0 amide bonds. The molecule has 150 valence electrons. The molecule has 0 aliphatic carbocycles. The summed E-state index contributed by atoms with van der Waals surface area (Å²) < 4.78 is 0. The van der Waals surface area contributed by atoms with Gasteiger partial charge < -0.3 is 15.7 Å². The maximum absolute atomic E-state index is 8.63. The summed E-state index contributed by atoms with van der Waals surface area (Å²) in [6.45, 7) is 4.56. The lowest BCUT2D eigenvalue weighted by Gasteiger charge is -2.11. The molecule has 1 aliphatic rings. The molecule has 3 N–H and O–H groups in total. The van der Waals surface area contributed by atoms with Crippen LogP contribution in [0.5, 0.6) is 5.75 Å². The number of nitrogens with one attached hydrogen (secondary N) is 2. The second kappa shape index (κ2) is 19.8. The van der Waals surface area contributed by atoms with Crippen LogP contribution in [0.25, 0.3) is 0 Å². The van der Waals surface area contributed by atoms with Crippen LogP contribution in [-0.2, 0) is 0 Å². The van der Waals surface area contributed by atoms with Crippen LogP contribution in [0.15, 0.2) is 99.0 Å². The predicted molar refractivity (Wildman–Crippen MR) is 127 cm³/mol. The molecule has 28 heavy (non-hydrogen) atoms. The number of rotatable bonds is 0. The fourth-order valence-corrected chi connectivity index (χ4v) is 3.07. The molecule has 0 unspecified atom stereocenters. The lowest BCUT2D eigenvalue weighted by Crippen LogP contribution is -2.39. The molecule has 1 fully saturated rings. The molecular formula is C22H28N2OS3. The molecule has 0 radical (unpaired) electrons. The van der Waals surface area contributed by atoms with Crippen molar-refractivity contribution in [3.8, 4) is 5.75 Å². The van der Waals surface area contributed by atoms with Gasteiger partial charge in [0.2, 0.25) is 0 Å². The first-order valence-corrected chi connectivity index (χ1v) is 11.8. The quantitative estimate of drug-likeness (QED) is 0.328. The summed E-state index contributed by atoms with van der Waals surface area (Å²) in [5, 5.41) is 27.3. The van der Waals surface area contributed by atoms with Gasteiger partial charge >= 0.3 is 0 Å². The maximum atomic E-state index is 8.63. The van der Waals surface area contributed by atoms with Crippen molar-refractivity contribution in [2.24, 2.45) is 0 Å². The maximum Gasteiger partial charge on any atom is 0.115 e. The molecule has 1 aliphatic heterocycles. The van der Waals surface area contributed by atoms with Crippen molar-refractivity contribution in [1.29, 1.82) is 0 Å². The summed E-state index contributed by atoms with van der Waals surface area (Å²) in [4.78, 5) is 0. The van der Waals surface area contributed by atoms with Crippen LogP contribution in [0.3, 0.4) is 0 Å². The van der Waals surface area contributed by atoms with Crippen molar-refractivity contribution in [2.45, 2.75) is 0 Å². The van der Waals surface area contributed by atoms with Gasteiger partial charge in [0.15, 0.2) is 0 Å². The summed E-state index contributed by atoms with van der Waals surface area (Å²) in [6.07, 6.45) is 0. The number of phenols is 1. The van der Waals surface area contributed by atoms with Crippen molar-refractivity contribution in [1.82, 2.24) is 10.6 Å². The molecule has 0 saturated carbocycles. The largest absolute Gasteiger partial charge is 0.508 e. The highest BCUT2D eigenvalue weighted by molar-refractivity contribution is 7.08. The molecule has 1 aromatic carbocycles. The number of para-hydroxylation sites is 1. The summed E-state index contributed by atoms with van der Waals surface area (Å²) in [5.74, 6) is 0.322. The molecule has 0 bridgehead atoms. The Hall–Kier alpha value is -1.96. The van der Waals surface area contributed by atoms with E-state index < -0.39 is 0 Å². The van der Waals surface area contributed by atoms with E-state index in [1.54, 1.807) is 58.3 Å². The molecular weight excluding hydrogens is 404 g/mol. The molecule has 3 nitrogen and oxygen atoms in total. The summed E-state index contributed by atoms with van der Waals surface area (Å²) in [7, 11) is 0. The van der Waals surface area contributed by atoms with Gasteiger partial charge in [-0.1, -0.05) is 54.6 Å². The van der Waals surface area contributed by atoms with Crippen molar-refractivity contribution in [2.75, 3.05) is 26.2 Å². The average Bonchev–Trinajstić information content (AvgIpc) is 3.58. The van der Waals surface area contributed by atoms with Gasteiger partial charge in [-0.2, -0.15) is 34.0 Å². The number of hydrogen-bond acceptors (Lipinski definition) is 6. The molecule has 6 heteroatoms. The number of aromatic hydroxyl groups is 1. The van der Waals surface area contributed by atoms with E-state index in [1.807, 2.05) is 74.7 Å². The minimum Gasteiger partial charge on any atom is -0.508 e. The van der Waals surface area contributed by atoms with Crippen molar-refractivity contribution < 1.29 is 5.11 Å². The van der Waals surface area contributed by atoms with Crippen molar-refractivity contribution >= 4 is 34.0 Å². The van der Waals surface area contributed by atoms with E-state index in [1.165, 1.54) is 0 Å². The number of hydrogen-bond donors (Lipinski definition) is 3. The van der Waals surface area contributed by atoms with Gasteiger partial charge in [-0.05, 0) is 44.4 Å². The topological polar surface area (TPSA) is 44.3 Å². The van der Waals surface area contributed by atoms with Gasteiger partial charge in [-0.3, -0.25) is 0 Å². The monoisotopic (exact) mass is 432 g/mol. The fourth-order valence-electron chi connectivity index (χ4n) is 1.71. The smallest absolute Gasteiger partial charge is 0.115 e. The zero-order valence-electron chi connectivity index (χ0n) is 15.8. The van der Waals surface area contributed by atoms with E-state index in [-0.39, 0.29) is 0 Å². The van der Waals surface area contributed by atoms with Gasteiger partial charge in [0.05, 0.1) is 0 Å². The van der Waals surface area contributed by atoms with Crippen molar-refractivity contribution in [3.05, 3.63) is 99.0 Å². The molecule has 3 aromatic heterocycles. The zero-order valence-corrected chi connectivity index (χ0v) is 18.3. The molecule has 4 aromatic rings. The summed E-state index contributed by atoms with van der Waals surface area (Å²) in [5.41, 5.74) is 0. The first kappa shape index (κ1) is 24.1. The first-order valence-electron chi connectivity index (χ1n) is 8.96. The third-order valence-corrected chi connectivity index (χ3v) is 4.88. The van der Waals surface area contributed by atoms with Gasteiger partial charge in [0.1, 0.15) is 5.75 Å². The Balaban J connectivity index is 0.000000176. The van der Waals surface area contributed by atoms with Crippen LogP contribution in [-0.4, -0.2) is 31.3 Å². The van der Waals surface area contributed by atoms with Crippen molar-refractivity contribution in [3.63, 3.8) is 0 Å². The van der Waals surface area contributed by atoms with Crippen LogP contribution in [0.4, 0.5) is 0 Å². The van der Waals surface area contributed by atoms with Crippen LogP contribution in [0.2, 0.25) is 0 Å². The van der Waals surface area contributed by atoms with Crippen LogP contribution >= 0.6 is 34.0 Å². The third kappa shape index (κ3) is 17.5. The second-order valence-electron chi connectivity index (χ2n) is 5.21. The molecule has 0 spiro atoms. The van der Waals surface area contributed by atoms with E-state index in [0.29, 0.717) is 5.75 Å². The van der Waals surface area contributed by atoms with Gasteiger partial charge in [-0.25, -0.2) is 0 Å². The molecule has 5 rings (SSSR count). The second-order valence-corrected chi connectivity index (χ2v) is 7.66. The standard InChI is InChI=1S/C6H6O.C4H10N2.3C4H4S/c7-6-4-2-1-3-5-6;1-2-6-4-3-5-1;3*1-2-4-5-3-1/h1-5,7H;5-6H,1-4H2;3*1-4H. The highest BCUT2D eigenvalue weighted by Gasteiger charge is 1.91. The lowest BCUT2D eigenvalue weighted by molar-refractivity contribution is 0.475. The van der Waals surface area contributed by atoms with Crippen LogP contribution < -0.4 is 10.6 Å². The predicted octanol–water partition coefficient (Wildman–Crippen LogP) is 5.82. The van der Waals surface area contributed by atoms with E-state index in [4.69, 9.17) is 5.11 Å².